The molecule has 1 N–H and O–H groups in total. The topological polar surface area (TPSA) is 66.7 Å². The monoisotopic (exact) mass is 456 g/mol. The predicted octanol–water partition coefficient (Wildman–Crippen LogP) is 5.46. The van der Waals surface area contributed by atoms with Gasteiger partial charge in [0.05, 0.1) is 22.3 Å². The average molecular weight is 457 g/mol. The number of hydrogen-bond acceptors (Lipinski definition) is 3. The maximum Gasteiger partial charge on any atom is 0.252 e. The van der Waals surface area contributed by atoms with Crippen LogP contribution in [0.1, 0.15) is 24.4 Å². The third kappa shape index (κ3) is 4.25. The summed E-state index contributed by atoms with van der Waals surface area (Å²) in [7, 11) is 0. The molecule has 33 heavy (non-hydrogen) atoms. The number of nitrogens with one attached hydrogen (secondary N) is 1. The van der Waals surface area contributed by atoms with E-state index in [9.17, 15) is 9.59 Å². The quantitative estimate of drug-likeness (QED) is 0.414. The number of anilines is 1. The van der Waals surface area contributed by atoms with Gasteiger partial charge >= 0.3 is 0 Å². The number of rotatable bonds is 4. The first-order valence-electron chi connectivity index (χ1n) is 10.7. The van der Waals surface area contributed by atoms with Crippen LogP contribution < -0.4 is 5.32 Å². The highest BCUT2D eigenvalue weighted by atomic mass is 35.5. The molecule has 2 amide bonds. The second-order valence-electron chi connectivity index (χ2n) is 7.83. The number of hydrogen-bond donors (Lipinski definition) is 1. The molecule has 3 aromatic carbocycles. The molecule has 0 fully saturated rings. The minimum Gasteiger partial charge on any atom is -0.324 e. The Hall–Kier alpha value is -3.90. The Bertz CT molecular complexity index is 1360. The van der Waals surface area contributed by atoms with E-state index in [4.69, 9.17) is 11.6 Å². The van der Waals surface area contributed by atoms with Gasteiger partial charge in [-0.15, -0.1) is 0 Å². The molecule has 0 spiro atoms. The van der Waals surface area contributed by atoms with Crippen LogP contribution in [0, 0.1) is 0 Å². The van der Waals surface area contributed by atoms with Crippen molar-refractivity contribution in [2.24, 2.45) is 5.10 Å². The van der Waals surface area contributed by atoms with Crippen LogP contribution in [0.25, 0.3) is 10.9 Å². The van der Waals surface area contributed by atoms with E-state index in [0.29, 0.717) is 17.1 Å². The van der Waals surface area contributed by atoms with Gasteiger partial charge in [-0.2, -0.15) is 5.10 Å². The molecule has 0 saturated carbocycles. The Morgan fingerprint density at radius 3 is 2.48 bits per heavy atom. The standard InChI is InChI=1S/C26H21ClN4O2/c27-20-11-5-6-12-21(20)28-25(32)17-26(33)31-23(18-8-2-1-3-9-18)16-24(29-31)30-15-14-19-10-4-7-13-22(19)30/h1-15,23H,16-17H2,(H,28,32)/t23-/m0/s1. The van der Waals surface area contributed by atoms with E-state index < -0.39 is 5.91 Å². The summed E-state index contributed by atoms with van der Waals surface area (Å²) in [6, 6.07) is 26.4. The minimum absolute atomic E-state index is 0.289. The van der Waals surface area contributed by atoms with Crippen LogP contribution in [0.3, 0.4) is 0 Å². The molecule has 6 nitrogen and oxygen atoms in total. The predicted molar refractivity (Wildman–Crippen MR) is 130 cm³/mol. The zero-order valence-electron chi connectivity index (χ0n) is 17.7. The molecule has 0 aliphatic carbocycles. The number of hydrazone groups is 1. The molecule has 0 bridgehead atoms. The van der Waals surface area contributed by atoms with Gasteiger partial charge < -0.3 is 9.88 Å². The summed E-state index contributed by atoms with van der Waals surface area (Å²) >= 11 is 6.12. The highest BCUT2D eigenvalue weighted by Gasteiger charge is 2.34. The number of carbonyl (C=O) groups is 2. The van der Waals surface area contributed by atoms with Crippen LogP contribution in [0.4, 0.5) is 5.69 Å². The van der Waals surface area contributed by atoms with Gasteiger partial charge in [-0.05, 0) is 35.2 Å². The Kier molecular flexibility index (Phi) is 5.67. The fourth-order valence-corrected chi connectivity index (χ4v) is 4.27. The number of para-hydroxylation sites is 2. The largest absolute Gasteiger partial charge is 0.324 e. The zero-order chi connectivity index (χ0) is 22.8. The van der Waals surface area contributed by atoms with Crippen molar-refractivity contribution < 1.29 is 9.59 Å². The Labute approximate surface area is 196 Å². The smallest absolute Gasteiger partial charge is 0.252 e. The van der Waals surface area contributed by atoms with Crippen molar-refractivity contribution in [1.29, 1.82) is 0 Å². The number of halogens is 1. The van der Waals surface area contributed by atoms with Gasteiger partial charge in [-0.1, -0.05) is 72.3 Å². The number of aromatic nitrogens is 1. The number of benzene rings is 3. The molecule has 7 heteroatoms. The third-order valence-corrected chi connectivity index (χ3v) is 6.00. The van der Waals surface area contributed by atoms with Crippen LogP contribution in [0.15, 0.2) is 96.2 Å². The van der Waals surface area contributed by atoms with E-state index >= 15 is 0 Å². The summed E-state index contributed by atoms with van der Waals surface area (Å²) in [5.41, 5.74) is 2.46. The highest BCUT2D eigenvalue weighted by Crippen LogP contribution is 2.33. The average Bonchev–Trinajstić information content (AvgIpc) is 3.46. The van der Waals surface area contributed by atoms with Gasteiger partial charge in [-0.25, -0.2) is 5.01 Å². The molecule has 1 aliphatic rings. The molecule has 1 atom stereocenters. The highest BCUT2D eigenvalue weighted by molar-refractivity contribution is 6.33. The van der Waals surface area contributed by atoms with Crippen molar-refractivity contribution in [1.82, 2.24) is 9.58 Å². The van der Waals surface area contributed by atoms with E-state index in [0.717, 1.165) is 22.3 Å². The van der Waals surface area contributed by atoms with E-state index in [-0.39, 0.29) is 18.4 Å². The van der Waals surface area contributed by atoms with Crippen LogP contribution in [-0.4, -0.2) is 27.2 Å². The Morgan fingerprint density at radius 2 is 1.67 bits per heavy atom. The number of nitrogens with zero attached hydrogens (tertiary/aromatic N) is 3. The fraction of sp³-hybridized carbons (Fsp3) is 0.115. The van der Waals surface area contributed by atoms with E-state index in [1.165, 1.54) is 5.01 Å². The molecule has 164 valence electrons. The van der Waals surface area contributed by atoms with Crippen molar-refractivity contribution in [2.75, 3.05) is 5.32 Å². The molecule has 0 saturated heterocycles. The van der Waals surface area contributed by atoms with E-state index in [1.807, 2.05) is 71.4 Å². The lowest BCUT2D eigenvalue weighted by Crippen LogP contribution is -2.30. The number of amides is 2. The SMILES string of the molecule is O=C(CC(=O)N1N=C(n2ccc3ccccc32)C[C@H]1c1ccccc1)Nc1ccccc1Cl. The first kappa shape index (κ1) is 21.0. The molecule has 0 radical (unpaired) electrons. The van der Waals surface area contributed by atoms with E-state index in [1.54, 1.807) is 24.3 Å². The van der Waals surface area contributed by atoms with Gasteiger partial charge in [-0.3, -0.25) is 9.59 Å². The van der Waals surface area contributed by atoms with Crippen molar-refractivity contribution in [3.05, 3.63) is 102 Å². The first-order valence-corrected chi connectivity index (χ1v) is 11.0. The Balaban J connectivity index is 1.42. The third-order valence-electron chi connectivity index (χ3n) is 5.67. The van der Waals surface area contributed by atoms with Gasteiger partial charge in [0.2, 0.25) is 5.91 Å². The summed E-state index contributed by atoms with van der Waals surface area (Å²) in [5.74, 6) is -0.0558. The molecule has 2 heterocycles. The molecular weight excluding hydrogens is 436 g/mol. The van der Waals surface area contributed by atoms with Crippen molar-refractivity contribution in [3.63, 3.8) is 0 Å². The van der Waals surface area contributed by atoms with Crippen LogP contribution in [0.2, 0.25) is 5.02 Å². The lowest BCUT2D eigenvalue weighted by atomic mass is 10.0. The lowest BCUT2D eigenvalue weighted by molar-refractivity contribution is -0.136. The molecule has 5 rings (SSSR count). The maximum absolute atomic E-state index is 13.2. The normalized spacial score (nSPS) is 15.5. The minimum atomic E-state index is -0.435. The molecular formula is C26H21ClN4O2. The summed E-state index contributed by atoms with van der Waals surface area (Å²) < 4.78 is 2.00. The van der Waals surface area contributed by atoms with Gasteiger partial charge in [0.15, 0.2) is 0 Å². The van der Waals surface area contributed by atoms with Crippen molar-refractivity contribution >= 4 is 45.8 Å². The lowest BCUT2D eigenvalue weighted by Gasteiger charge is -2.21. The fourth-order valence-electron chi connectivity index (χ4n) is 4.09. The summed E-state index contributed by atoms with van der Waals surface area (Å²) in [6.07, 6.45) is 2.17. The number of fused-ring (bicyclic) bond motifs is 1. The second-order valence-corrected chi connectivity index (χ2v) is 8.24. The van der Waals surface area contributed by atoms with Crippen molar-refractivity contribution in [2.45, 2.75) is 18.9 Å². The van der Waals surface area contributed by atoms with Crippen LogP contribution >= 0.6 is 11.6 Å². The second kappa shape index (κ2) is 8.92. The van der Waals surface area contributed by atoms with Crippen molar-refractivity contribution in [3.8, 4) is 0 Å². The summed E-state index contributed by atoms with van der Waals surface area (Å²) in [5, 5.41) is 10.3. The van der Waals surface area contributed by atoms with E-state index in [2.05, 4.69) is 10.4 Å². The zero-order valence-corrected chi connectivity index (χ0v) is 18.4. The van der Waals surface area contributed by atoms with Gasteiger partial charge in [0.1, 0.15) is 12.3 Å². The molecule has 0 unspecified atom stereocenters. The number of carbonyl (C=O) groups excluding carboxylic acids is 2. The summed E-state index contributed by atoms with van der Waals surface area (Å²) in [6.45, 7) is 0. The van der Waals surface area contributed by atoms with Crippen LogP contribution in [-0.2, 0) is 9.59 Å². The summed E-state index contributed by atoms with van der Waals surface area (Å²) in [4.78, 5) is 25.8. The first-order chi connectivity index (χ1) is 16.1. The van der Waals surface area contributed by atoms with Gasteiger partial charge in [0.25, 0.3) is 5.91 Å². The van der Waals surface area contributed by atoms with Crippen LogP contribution in [0.5, 0.6) is 0 Å². The molecule has 1 aromatic heterocycles. The maximum atomic E-state index is 13.2. The Morgan fingerprint density at radius 1 is 0.939 bits per heavy atom. The molecule has 1 aliphatic heterocycles. The molecule has 4 aromatic rings. The van der Waals surface area contributed by atoms with Gasteiger partial charge in [0, 0.05) is 12.6 Å².